The molecule has 1 heterocycles. The molecule has 3 aromatic carbocycles. The molecule has 0 radical (unpaired) electrons. The van der Waals surface area contributed by atoms with Crippen molar-refractivity contribution in [2.75, 3.05) is 23.9 Å². The van der Waals surface area contributed by atoms with Crippen LogP contribution >= 0.6 is 23.2 Å². The monoisotopic (exact) mass is 562 g/mol. The van der Waals surface area contributed by atoms with Crippen LogP contribution in [0.3, 0.4) is 0 Å². The normalized spacial score (nSPS) is 14.1. The molecule has 37 heavy (non-hydrogen) atoms. The Kier molecular flexibility index (Phi) is 7.74. The minimum absolute atomic E-state index is 0.0531. The number of carbonyl (C=O) groups is 2. The zero-order valence-electron chi connectivity index (χ0n) is 20.8. The van der Waals surface area contributed by atoms with E-state index < -0.39 is 28.1 Å². The lowest BCUT2D eigenvalue weighted by Crippen LogP contribution is -2.39. The number of fused-ring (bicyclic) bond motifs is 1. The highest BCUT2D eigenvalue weighted by molar-refractivity contribution is 7.92. The van der Waals surface area contributed by atoms with E-state index in [1.54, 1.807) is 57.2 Å². The number of esters is 1. The fourth-order valence-electron chi connectivity index (χ4n) is 4.31. The molecule has 0 atom stereocenters. The van der Waals surface area contributed by atoms with E-state index in [1.807, 2.05) is 4.90 Å². The van der Waals surface area contributed by atoms with Gasteiger partial charge in [-0.25, -0.2) is 8.42 Å². The number of anilines is 1. The van der Waals surface area contributed by atoms with Crippen LogP contribution in [0.2, 0.25) is 10.0 Å². The Hall–Kier alpha value is -2.81. The van der Waals surface area contributed by atoms with E-state index in [0.29, 0.717) is 16.3 Å². The smallest absolute Gasteiger partial charge is 0.327 e. The number of halogens is 2. The van der Waals surface area contributed by atoms with E-state index in [9.17, 15) is 18.0 Å². The number of nitrogens with zero attached hydrogens (tertiary/aromatic N) is 2. The number of likely N-dealkylation sites (tertiary alicyclic amines) is 1. The summed E-state index contributed by atoms with van der Waals surface area (Å²) in [6, 6.07) is 14.2. The first-order valence-corrected chi connectivity index (χ1v) is 14.1. The second-order valence-corrected chi connectivity index (χ2v) is 12.6. The van der Waals surface area contributed by atoms with Gasteiger partial charge in [0.05, 0.1) is 10.6 Å². The lowest BCUT2D eigenvalue weighted by Gasteiger charge is -2.27. The van der Waals surface area contributed by atoms with Gasteiger partial charge >= 0.3 is 5.97 Å². The number of amides is 1. The predicted molar refractivity (Wildman–Crippen MR) is 146 cm³/mol. The number of sulfonamides is 1. The van der Waals surface area contributed by atoms with Crippen LogP contribution in [0.15, 0.2) is 59.5 Å². The molecule has 4 rings (SSSR count). The van der Waals surface area contributed by atoms with Crippen molar-refractivity contribution < 1.29 is 22.7 Å². The van der Waals surface area contributed by atoms with E-state index >= 15 is 0 Å². The summed E-state index contributed by atoms with van der Waals surface area (Å²) in [4.78, 5) is 27.5. The van der Waals surface area contributed by atoms with Gasteiger partial charge in [0.1, 0.15) is 12.1 Å². The third-order valence-electron chi connectivity index (χ3n) is 5.89. The van der Waals surface area contributed by atoms with Crippen LogP contribution in [-0.2, 0) is 19.6 Å². The van der Waals surface area contributed by atoms with Crippen molar-refractivity contribution in [1.29, 1.82) is 0 Å². The summed E-state index contributed by atoms with van der Waals surface area (Å²) in [6.45, 7) is 5.98. The Balaban J connectivity index is 1.79. The molecule has 10 heteroatoms. The Labute approximate surface area is 227 Å². The van der Waals surface area contributed by atoms with E-state index in [2.05, 4.69) is 0 Å². The molecule has 1 fully saturated rings. The van der Waals surface area contributed by atoms with Gasteiger partial charge in [0.2, 0.25) is 0 Å². The zero-order chi connectivity index (χ0) is 27.0. The summed E-state index contributed by atoms with van der Waals surface area (Å²) >= 11 is 12.2. The summed E-state index contributed by atoms with van der Waals surface area (Å²) in [6.07, 6.45) is 1.96. The molecule has 0 saturated carbocycles. The number of hydrogen-bond donors (Lipinski definition) is 0. The molecule has 3 aromatic rings. The molecule has 196 valence electrons. The van der Waals surface area contributed by atoms with Crippen molar-refractivity contribution in [2.24, 2.45) is 0 Å². The Bertz CT molecular complexity index is 1440. The third-order valence-corrected chi connectivity index (χ3v) is 8.08. The van der Waals surface area contributed by atoms with Crippen LogP contribution in [0.1, 0.15) is 44.0 Å². The maximum atomic E-state index is 13.8. The van der Waals surface area contributed by atoms with E-state index in [4.69, 9.17) is 27.9 Å². The van der Waals surface area contributed by atoms with Crippen molar-refractivity contribution in [1.82, 2.24) is 4.90 Å². The highest BCUT2D eigenvalue weighted by Crippen LogP contribution is 2.32. The van der Waals surface area contributed by atoms with Crippen LogP contribution in [-0.4, -0.2) is 50.4 Å². The van der Waals surface area contributed by atoms with E-state index in [-0.39, 0.29) is 26.5 Å². The fraction of sp³-hybridized carbons (Fsp3) is 0.333. The molecule has 0 aliphatic carbocycles. The molecule has 1 aliphatic rings. The molecule has 0 bridgehead atoms. The van der Waals surface area contributed by atoms with Crippen LogP contribution in [0.5, 0.6) is 0 Å². The summed E-state index contributed by atoms with van der Waals surface area (Å²) < 4.78 is 33.9. The third kappa shape index (κ3) is 6.20. The molecule has 7 nitrogen and oxygen atoms in total. The SMILES string of the molecule is CC(C)(C)OC(=O)CN(c1ccc2c(C(=O)N3CCCC3)cccc2c1)S(=O)(=O)c1cc(Cl)cc(Cl)c1. The number of benzene rings is 3. The van der Waals surface area contributed by atoms with Crippen molar-refractivity contribution in [3.63, 3.8) is 0 Å². The van der Waals surface area contributed by atoms with Gasteiger partial charge in [0, 0.05) is 28.7 Å². The van der Waals surface area contributed by atoms with Gasteiger partial charge in [-0.1, -0.05) is 41.4 Å². The molecule has 0 N–H and O–H groups in total. The van der Waals surface area contributed by atoms with Gasteiger partial charge in [-0.05, 0) is 80.8 Å². The largest absolute Gasteiger partial charge is 0.459 e. The minimum Gasteiger partial charge on any atom is -0.459 e. The first-order valence-electron chi connectivity index (χ1n) is 11.9. The molecule has 1 aliphatic heterocycles. The van der Waals surface area contributed by atoms with Gasteiger partial charge in [-0.3, -0.25) is 13.9 Å². The van der Waals surface area contributed by atoms with Crippen molar-refractivity contribution >= 4 is 61.6 Å². The van der Waals surface area contributed by atoms with Crippen LogP contribution in [0, 0.1) is 0 Å². The second-order valence-electron chi connectivity index (χ2n) is 9.91. The van der Waals surface area contributed by atoms with Gasteiger partial charge < -0.3 is 9.64 Å². The highest BCUT2D eigenvalue weighted by atomic mass is 35.5. The molecule has 0 spiro atoms. The van der Waals surface area contributed by atoms with Gasteiger partial charge in [-0.2, -0.15) is 0 Å². The maximum absolute atomic E-state index is 13.8. The lowest BCUT2D eigenvalue weighted by molar-refractivity contribution is -0.152. The number of ether oxygens (including phenoxy) is 1. The first kappa shape index (κ1) is 27.2. The molecule has 0 aromatic heterocycles. The molecule has 1 saturated heterocycles. The average molecular weight is 564 g/mol. The molecular formula is C27H28Cl2N2O5S. The van der Waals surface area contributed by atoms with E-state index in [0.717, 1.165) is 30.2 Å². The number of carbonyl (C=O) groups excluding carboxylic acids is 2. The molecule has 1 amide bonds. The Morgan fingerprint density at radius 3 is 2.24 bits per heavy atom. The van der Waals surface area contributed by atoms with Gasteiger partial charge in [0.25, 0.3) is 15.9 Å². The molecular weight excluding hydrogens is 535 g/mol. The van der Waals surface area contributed by atoms with Crippen molar-refractivity contribution in [2.45, 2.75) is 44.1 Å². The van der Waals surface area contributed by atoms with Gasteiger partial charge in [0.15, 0.2) is 0 Å². The topological polar surface area (TPSA) is 84.0 Å². The highest BCUT2D eigenvalue weighted by Gasteiger charge is 2.30. The van der Waals surface area contributed by atoms with E-state index in [1.165, 1.54) is 18.2 Å². The van der Waals surface area contributed by atoms with Crippen LogP contribution < -0.4 is 4.31 Å². The maximum Gasteiger partial charge on any atom is 0.327 e. The van der Waals surface area contributed by atoms with Crippen molar-refractivity contribution in [3.05, 3.63) is 70.2 Å². The second kappa shape index (κ2) is 10.5. The summed E-state index contributed by atoms with van der Waals surface area (Å²) in [5.74, 6) is -0.773. The zero-order valence-corrected chi connectivity index (χ0v) is 23.2. The first-order chi connectivity index (χ1) is 17.3. The van der Waals surface area contributed by atoms with Crippen LogP contribution in [0.25, 0.3) is 10.8 Å². The van der Waals surface area contributed by atoms with Crippen molar-refractivity contribution in [3.8, 4) is 0 Å². The summed E-state index contributed by atoms with van der Waals surface area (Å²) in [5.41, 5.74) is -0.0190. The number of rotatable bonds is 6. The summed E-state index contributed by atoms with van der Waals surface area (Å²) in [5, 5.41) is 1.65. The minimum atomic E-state index is -4.27. The fourth-order valence-corrected chi connectivity index (χ4v) is 6.44. The number of hydrogen-bond acceptors (Lipinski definition) is 5. The Morgan fingerprint density at radius 2 is 1.62 bits per heavy atom. The lowest BCUT2D eigenvalue weighted by atomic mass is 10.0. The predicted octanol–water partition coefficient (Wildman–Crippen LogP) is 5.92. The summed E-state index contributed by atoms with van der Waals surface area (Å²) in [7, 11) is -4.27. The quantitative estimate of drug-likeness (QED) is 0.348. The average Bonchev–Trinajstić information content (AvgIpc) is 3.34. The standard InChI is InChI=1S/C27H28Cl2N2O5S/c1-27(2,3)36-25(32)17-31(37(34,35)22-15-19(28)14-20(29)16-22)21-9-10-23-18(13-21)7-6-8-24(23)26(33)30-11-4-5-12-30/h6-10,13-16H,4-5,11-12,17H2,1-3H3. The van der Waals surface area contributed by atoms with Gasteiger partial charge in [-0.15, -0.1) is 0 Å². The van der Waals surface area contributed by atoms with Crippen LogP contribution in [0.4, 0.5) is 5.69 Å². The Morgan fingerprint density at radius 1 is 0.973 bits per heavy atom. The molecule has 0 unspecified atom stereocenters.